The molecule has 0 radical (unpaired) electrons. The summed E-state index contributed by atoms with van der Waals surface area (Å²) in [5.74, 6) is -0.512. The fraction of sp³-hybridized carbons (Fsp3) is 0.647. The van der Waals surface area contributed by atoms with Crippen molar-refractivity contribution in [3.8, 4) is 0 Å². The number of nitrogens with zero attached hydrogens (tertiary/aromatic N) is 4. The molecule has 16 heteroatoms. The number of rotatable bonds is 11. The Morgan fingerprint density at radius 3 is 2.33 bits per heavy atom. The third-order valence-electron chi connectivity index (χ3n) is 3.94. The van der Waals surface area contributed by atoms with E-state index in [-0.39, 0.29) is 42.5 Å². The van der Waals surface area contributed by atoms with Gasteiger partial charge in [0, 0.05) is 6.54 Å². The molecular formula is C17H22F6N5O4P. The first-order valence-electron chi connectivity index (χ1n) is 9.55. The normalized spacial score (nSPS) is 13.1. The maximum atomic E-state index is 12.6. The van der Waals surface area contributed by atoms with Gasteiger partial charge in [0.25, 0.3) is 5.91 Å². The fourth-order valence-electron chi connectivity index (χ4n) is 2.73. The van der Waals surface area contributed by atoms with E-state index in [1.165, 1.54) is 10.9 Å². The number of ether oxygens (including phenoxy) is 1. The number of hydrogen-bond donors (Lipinski definition) is 1. The van der Waals surface area contributed by atoms with E-state index in [4.69, 9.17) is 9.57 Å². The Morgan fingerprint density at radius 1 is 1.12 bits per heavy atom. The largest absolute Gasteiger partial charge is 0.395 e. The number of fused-ring (bicyclic) bond motifs is 1. The lowest BCUT2D eigenvalue weighted by Crippen LogP contribution is -2.26. The molecule has 0 aromatic carbocycles. The summed E-state index contributed by atoms with van der Waals surface area (Å²) >= 11 is 0. The molecule has 186 valence electrons. The van der Waals surface area contributed by atoms with Gasteiger partial charge in [-0.25, -0.2) is 20.4 Å². The van der Waals surface area contributed by atoms with Crippen LogP contribution in [0.4, 0.5) is 26.3 Å². The number of imidazole rings is 1. The molecule has 2 aromatic rings. The Kier molecular flexibility index (Phi) is 8.82. The lowest BCUT2D eigenvalue weighted by Gasteiger charge is -2.21. The summed E-state index contributed by atoms with van der Waals surface area (Å²) in [6.45, 7) is 3.57. The molecular weight excluding hydrogens is 483 g/mol. The zero-order valence-electron chi connectivity index (χ0n) is 17.6. The number of carbonyl (C=O) groups is 1. The van der Waals surface area contributed by atoms with Crippen molar-refractivity contribution in [2.75, 3.05) is 31.9 Å². The van der Waals surface area contributed by atoms with Gasteiger partial charge in [-0.3, -0.25) is 9.63 Å². The molecule has 2 rings (SSSR count). The van der Waals surface area contributed by atoms with Crippen LogP contribution in [0.25, 0.3) is 11.2 Å². The summed E-state index contributed by atoms with van der Waals surface area (Å²) in [6.07, 6.45) is -13.1. The molecule has 9 nitrogen and oxygen atoms in total. The molecule has 0 saturated carbocycles. The Labute approximate surface area is 184 Å². The van der Waals surface area contributed by atoms with Gasteiger partial charge < -0.3 is 13.9 Å². The van der Waals surface area contributed by atoms with Crippen molar-refractivity contribution in [2.24, 2.45) is 5.92 Å². The minimum atomic E-state index is -5.03. The number of alkyl halides is 6. The van der Waals surface area contributed by atoms with Gasteiger partial charge in [0.05, 0.1) is 31.9 Å². The smallest absolute Gasteiger partial charge is 0.372 e. The van der Waals surface area contributed by atoms with Crippen LogP contribution in [0.5, 0.6) is 0 Å². The van der Waals surface area contributed by atoms with Crippen LogP contribution in [-0.2, 0) is 20.7 Å². The minimum Gasteiger partial charge on any atom is -0.372 e. The second kappa shape index (κ2) is 10.8. The standard InChI is InChI=1S/C17H22F6N5O4P/c1-11(2)5-32-27-15(29)13-12-14(25-8-24-13)28(9-26-12)3-4-31-10-33(30,6-16(18,19)20)7-17(21,22)23/h8-9,11H,3-7,10H2,1-2H3,(H,27,29). The molecule has 0 spiro atoms. The van der Waals surface area contributed by atoms with Gasteiger partial charge in [0.15, 0.2) is 11.3 Å². The third kappa shape index (κ3) is 8.89. The molecule has 0 bridgehead atoms. The molecule has 1 amide bonds. The molecule has 0 atom stereocenters. The topological polar surface area (TPSA) is 108 Å². The van der Waals surface area contributed by atoms with Crippen LogP contribution >= 0.6 is 7.14 Å². The van der Waals surface area contributed by atoms with Crippen LogP contribution in [0, 0.1) is 5.92 Å². The van der Waals surface area contributed by atoms with E-state index in [1.54, 1.807) is 0 Å². The molecule has 0 aliphatic heterocycles. The molecule has 0 unspecified atom stereocenters. The SMILES string of the molecule is CC(C)CONC(=O)c1ncnc2c1ncn2CCOCP(=O)(CC(F)(F)F)CC(F)(F)F. The molecule has 1 N–H and O–H groups in total. The average molecular weight is 505 g/mol. The summed E-state index contributed by atoms with van der Waals surface area (Å²) in [6, 6.07) is 0. The van der Waals surface area contributed by atoms with Crippen LogP contribution in [0.3, 0.4) is 0 Å². The maximum Gasteiger partial charge on any atom is 0.395 e. The van der Waals surface area contributed by atoms with E-state index in [0.29, 0.717) is 0 Å². The molecule has 0 fully saturated rings. The summed E-state index contributed by atoms with van der Waals surface area (Å²) in [5.41, 5.74) is 2.40. The van der Waals surface area contributed by atoms with Crippen molar-refractivity contribution >= 4 is 24.2 Å². The second-order valence-electron chi connectivity index (χ2n) is 7.61. The van der Waals surface area contributed by atoms with Crippen molar-refractivity contribution in [3.05, 3.63) is 18.3 Å². The number of halogens is 6. The zero-order valence-corrected chi connectivity index (χ0v) is 18.5. The van der Waals surface area contributed by atoms with Crippen molar-refractivity contribution in [1.82, 2.24) is 25.0 Å². The summed E-state index contributed by atoms with van der Waals surface area (Å²) < 4.78 is 94.0. The van der Waals surface area contributed by atoms with Crippen LogP contribution in [0.1, 0.15) is 24.3 Å². The second-order valence-corrected chi connectivity index (χ2v) is 10.6. The van der Waals surface area contributed by atoms with Gasteiger partial charge in [-0.1, -0.05) is 13.8 Å². The number of hydrogen-bond acceptors (Lipinski definition) is 7. The highest BCUT2D eigenvalue weighted by atomic mass is 31.2. The number of hydroxylamine groups is 1. The average Bonchev–Trinajstić information content (AvgIpc) is 3.05. The van der Waals surface area contributed by atoms with Crippen molar-refractivity contribution < 1.29 is 45.3 Å². The van der Waals surface area contributed by atoms with Crippen LogP contribution in [0.15, 0.2) is 12.7 Å². The predicted octanol–water partition coefficient (Wildman–Crippen LogP) is 3.61. The quantitative estimate of drug-likeness (QED) is 0.215. The maximum absolute atomic E-state index is 12.6. The Morgan fingerprint density at radius 2 is 1.76 bits per heavy atom. The van der Waals surface area contributed by atoms with Crippen LogP contribution in [-0.4, -0.2) is 69.7 Å². The first-order chi connectivity index (χ1) is 15.2. The van der Waals surface area contributed by atoms with E-state index in [2.05, 4.69) is 20.4 Å². The molecule has 33 heavy (non-hydrogen) atoms. The van der Waals surface area contributed by atoms with Gasteiger partial charge in [-0.15, -0.1) is 0 Å². The molecule has 2 heterocycles. The highest BCUT2D eigenvalue weighted by Gasteiger charge is 2.46. The van der Waals surface area contributed by atoms with E-state index < -0.39 is 44.1 Å². The monoisotopic (exact) mass is 505 g/mol. The van der Waals surface area contributed by atoms with Gasteiger partial charge in [0.2, 0.25) is 0 Å². The minimum absolute atomic E-state index is 0.0868. The molecule has 0 aliphatic carbocycles. The first kappa shape index (κ1) is 27.0. The van der Waals surface area contributed by atoms with E-state index >= 15 is 0 Å². The predicted molar refractivity (Wildman–Crippen MR) is 104 cm³/mol. The van der Waals surface area contributed by atoms with E-state index in [9.17, 15) is 35.7 Å². The summed E-state index contributed by atoms with van der Waals surface area (Å²) in [7, 11) is -4.75. The van der Waals surface area contributed by atoms with Crippen molar-refractivity contribution in [1.29, 1.82) is 0 Å². The lowest BCUT2D eigenvalue weighted by atomic mass is 10.2. The van der Waals surface area contributed by atoms with E-state index in [1.807, 2.05) is 13.8 Å². The zero-order chi connectivity index (χ0) is 24.9. The van der Waals surface area contributed by atoms with Crippen molar-refractivity contribution in [3.63, 3.8) is 0 Å². The van der Waals surface area contributed by atoms with Gasteiger partial charge in [0.1, 0.15) is 25.3 Å². The Balaban J connectivity index is 2.02. The molecule has 0 saturated heterocycles. The number of aromatic nitrogens is 4. The van der Waals surface area contributed by atoms with Gasteiger partial charge in [-0.05, 0) is 5.92 Å². The highest BCUT2D eigenvalue weighted by molar-refractivity contribution is 7.63. The lowest BCUT2D eigenvalue weighted by molar-refractivity contribution is -0.113. The Bertz CT molecular complexity index is 974. The first-order valence-corrected chi connectivity index (χ1v) is 11.8. The number of carbonyl (C=O) groups excluding carboxylic acids is 1. The van der Waals surface area contributed by atoms with Crippen LogP contribution < -0.4 is 5.48 Å². The van der Waals surface area contributed by atoms with Crippen LogP contribution in [0.2, 0.25) is 0 Å². The van der Waals surface area contributed by atoms with Crippen molar-refractivity contribution in [2.45, 2.75) is 32.7 Å². The van der Waals surface area contributed by atoms with Gasteiger partial charge in [-0.2, -0.15) is 26.3 Å². The molecule has 0 aliphatic rings. The summed E-state index contributed by atoms with van der Waals surface area (Å²) in [4.78, 5) is 29.1. The Hall–Kier alpha value is -2.25. The highest BCUT2D eigenvalue weighted by Crippen LogP contribution is 2.53. The third-order valence-corrected chi connectivity index (χ3v) is 6.46. The number of nitrogens with one attached hydrogen (secondary N) is 1. The molecule has 2 aromatic heterocycles. The van der Waals surface area contributed by atoms with Gasteiger partial charge >= 0.3 is 12.4 Å². The number of amides is 1. The van der Waals surface area contributed by atoms with E-state index in [0.717, 1.165) is 6.33 Å². The summed E-state index contributed by atoms with van der Waals surface area (Å²) in [5, 5.41) is 0. The fourth-order valence-corrected chi connectivity index (χ4v) is 4.79.